The summed E-state index contributed by atoms with van der Waals surface area (Å²) in [5.74, 6) is 0.855. The lowest BCUT2D eigenvalue weighted by atomic mass is 10.3. The fraction of sp³-hybridized carbons (Fsp3) is 0.143. The summed E-state index contributed by atoms with van der Waals surface area (Å²) in [5.41, 5.74) is 0.572. The standard InChI is InChI=1S/C14H13N3O4/c18-6-5-17-13(15-14(19)12-4-2-8-21-12)9-10(16-17)11-3-1-7-20-11/h1-4,7-9,18H,5-6H2,(H,15,19). The third-order valence-electron chi connectivity index (χ3n) is 2.85. The molecule has 2 N–H and O–H groups in total. The normalized spacial score (nSPS) is 10.7. The van der Waals surface area contributed by atoms with Crippen molar-refractivity contribution in [1.82, 2.24) is 9.78 Å². The zero-order chi connectivity index (χ0) is 14.7. The second-order valence-electron chi connectivity index (χ2n) is 4.27. The van der Waals surface area contributed by atoms with Crippen LogP contribution in [0.4, 0.5) is 5.82 Å². The van der Waals surface area contributed by atoms with Crippen LogP contribution in [0.1, 0.15) is 10.6 Å². The largest absolute Gasteiger partial charge is 0.463 e. The third-order valence-corrected chi connectivity index (χ3v) is 2.85. The molecule has 7 nitrogen and oxygen atoms in total. The van der Waals surface area contributed by atoms with Gasteiger partial charge in [0.05, 0.1) is 25.7 Å². The Morgan fingerprint density at radius 1 is 1.29 bits per heavy atom. The average molecular weight is 287 g/mol. The van der Waals surface area contributed by atoms with E-state index >= 15 is 0 Å². The molecule has 0 aromatic carbocycles. The molecule has 0 spiro atoms. The summed E-state index contributed by atoms with van der Waals surface area (Å²) in [6.07, 6.45) is 2.97. The number of anilines is 1. The van der Waals surface area contributed by atoms with Crippen molar-refractivity contribution in [3.8, 4) is 11.5 Å². The molecule has 0 atom stereocenters. The monoisotopic (exact) mass is 287 g/mol. The topological polar surface area (TPSA) is 93.4 Å². The lowest BCUT2D eigenvalue weighted by Crippen LogP contribution is -2.16. The first kappa shape index (κ1) is 13.2. The van der Waals surface area contributed by atoms with Gasteiger partial charge in [0.25, 0.3) is 5.91 Å². The molecule has 7 heteroatoms. The highest BCUT2D eigenvalue weighted by molar-refractivity contribution is 6.01. The Bertz CT molecular complexity index is 714. The first-order chi connectivity index (χ1) is 10.3. The molecule has 3 rings (SSSR count). The van der Waals surface area contributed by atoms with Crippen molar-refractivity contribution in [2.24, 2.45) is 0 Å². The van der Waals surface area contributed by atoms with Crippen molar-refractivity contribution in [2.45, 2.75) is 6.54 Å². The molecule has 0 aliphatic heterocycles. The number of aliphatic hydroxyl groups is 1. The molecule has 0 fully saturated rings. The maximum Gasteiger partial charge on any atom is 0.292 e. The zero-order valence-corrected chi connectivity index (χ0v) is 11.0. The van der Waals surface area contributed by atoms with E-state index < -0.39 is 0 Å². The minimum Gasteiger partial charge on any atom is -0.463 e. The van der Waals surface area contributed by atoms with Crippen LogP contribution in [0.25, 0.3) is 11.5 Å². The number of rotatable bonds is 5. The predicted octanol–water partition coefficient (Wildman–Crippen LogP) is 1.98. The van der Waals surface area contributed by atoms with Crippen molar-refractivity contribution in [3.05, 3.63) is 48.6 Å². The highest BCUT2D eigenvalue weighted by Crippen LogP contribution is 2.22. The SMILES string of the molecule is O=C(Nc1cc(-c2ccco2)nn1CCO)c1ccco1. The molecule has 0 saturated carbocycles. The van der Waals surface area contributed by atoms with Gasteiger partial charge in [-0.2, -0.15) is 5.10 Å². The van der Waals surface area contributed by atoms with Crippen LogP contribution in [0.2, 0.25) is 0 Å². The van der Waals surface area contributed by atoms with Gasteiger partial charge in [-0.25, -0.2) is 4.68 Å². The molecule has 0 aliphatic carbocycles. The summed E-state index contributed by atoms with van der Waals surface area (Å²) in [6.45, 7) is 0.164. The average Bonchev–Trinajstić information content (AvgIpc) is 3.21. The maximum absolute atomic E-state index is 12.0. The van der Waals surface area contributed by atoms with Crippen LogP contribution in [0.15, 0.2) is 51.7 Å². The first-order valence-corrected chi connectivity index (χ1v) is 6.35. The van der Waals surface area contributed by atoms with Gasteiger partial charge in [-0.3, -0.25) is 4.79 Å². The molecule has 3 aromatic rings. The lowest BCUT2D eigenvalue weighted by molar-refractivity contribution is 0.0995. The minimum atomic E-state index is -0.384. The van der Waals surface area contributed by atoms with Crippen LogP contribution in [-0.4, -0.2) is 27.4 Å². The molecule has 3 aromatic heterocycles. The highest BCUT2D eigenvalue weighted by Gasteiger charge is 2.15. The Kier molecular flexibility index (Phi) is 3.57. The number of hydrogen-bond donors (Lipinski definition) is 2. The molecule has 21 heavy (non-hydrogen) atoms. The summed E-state index contributed by atoms with van der Waals surface area (Å²) >= 11 is 0. The number of carbonyl (C=O) groups is 1. The minimum absolute atomic E-state index is 0.0943. The Morgan fingerprint density at radius 2 is 2.10 bits per heavy atom. The van der Waals surface area contributed by atoms with Crippen LogP contribution in [0.5, 0.6) is 0 Å². The van der Waals surface area contributed by atoms with E-state index in [2.05, 4.69) is 10.4 Å². The molecule has 108 valence electrons. The number of carbonyl (C=O) groups excluding carboxylic acids is 1. The molecule has 0 unspecified atom stereocenters. The van der Waals surface area contributed by atoms with Gasteiger partial charge in [-0.15, -0.1) is 0 Å². The van der Waals surface area contributed by atoms with E-state index in [1.807, 2.05) is 0 Å². The molecule has 3 heterocycles. The highest BCUT2D eigenvalue weighted by atomic mass is 16.3. The maximum atomic E-state index is 12.0. The van der Waals surface area contributed by atoms with Crippen molar-refractivity contribution < 1.29 is 18.7 Å². The van der Waals surface area contributed by atoms with Crippen molar-refractivity contribution in [1.29, 1.82) is 0 Å². The molecule has 0 aliphatic rings. The van der Waals surface area contributed by atoms with Gasteiger partial charge in [-0.05, 0) is 24.3 Å². The van der Waals surface area contributed by atoms with Gasteiger partial charge < -0.3 is 19.3 Å². The van der Waals surface area contributed by atoms with Gasteiger partial charge >= 0.3 is 0 Å². The van der Waals surface area contributed by atoms with Gasteiger partial charge in [0.1, 0.15) is 11.5 Å². The third kappa shape index (κ3) is 2.72. The number of nitrogens with zero attached hydrogens (tertiary/aromatic N) is 2. The number of hydrogen-bond acceptors (Lipinski definition) is 5. The molecular formula is C14H13N3O4. The fourth-order valence-corrected chi connectivity index (χ4v) is 1.91. The van der Waals surface area contributed by atoms with Crippen LogP contribution in [-0.2, 0) is 6.54 Å². The predicted molar refractivity (Wildman–Crippen MR) is 73.7 cm³/mol. The first-order valence-electron chi connectivity index (χ1n) is 6.35. The second kappa shape index (κ2) is 5.68. The van der Waals surface area contributed by atoms with E-state index in [-0.39, 0.29) is 24.8 Å². The molecule has 0 radical (unpaired) electrons. The lowest BCUT2D eigenvalue weighted by Gasteiger charge is -2.05. The smallest absolute Gasteiger partial charge is 0.292 e. The molecule has 0 bridgehead atoms. The van der Waals surface area contributed by atoms with Gasteiger partial charge in [0.2, 0.25) is 0 Å². The number of aliphatic hydroxyl groups excluding tert-OH is 1. The van der Waals surface area contributed by atoms with Gasteiger partial charge in [-0.1, -0.05) is 0 Å². The number of nitrogens with one attached hydrogen (secondary N) is 1. The summed E-state index contributed by atoms with van der Waals surface area (Å²) < 4.78 is 11.8. The van der Waals surface area contributed by atoms with E-state index in [1.165, 1.54) is 10.9 Å². The van der Waals surface area contributed by atoms with E-state index in [0.29, 0.717) is 17.3 Å². The zero-order valence-electron chi connectivity index (χ0n) is 11.0. The van der Waals surface area contributed by atoms with Crippen molar-refractivity contribution in [2.75, 3.05) is 11.9 Å². The van der Waals surface area contributed by atoms with Crippen molar-refractivity contribution >= 4 is 11.7 Å². The summed E-state index contributed by atoms with van der Waals surface area (Å²) in [7, 11) is 0. The van der Waals surface area contributed by atoms with E-state index in [4.69, 9.17) is 13.9 Å². The quantitative estimate of drug-likeness (QED) is 0.748. The van der Waals surface area contributed by atoms with Crippen LogP contribution < -0.4 is 5.32 Å². The number of aromatic nitrogens is 2. The van der Waals surface area contributed by atoms with E-state index in [0.717, 1.165) is 0 Å². The fourth-order valence-electron chi connectivity index (χ4n) is 1.91. The van der Waals surface area contributed by atoms with Gasteiger partial charge in [0, 0.05) is 6.07 Å². The van der Waals surface area contributed by atoms with E-state index in [1.54, 1.807) is 36.6 Å². The Morgan fingerprint density at radius 3 is 2.76 bits per heavy atom. The summed E-state index contributed by atoms with van der Waals surface area (Å²) in [5, 5.41) is 16.1. The Balaban J connectivity index is 1.88. The Hall–Kier alpha value is -2.80. The molecule has 0 saturated heterocycles. The summed E-state index contributed by atoms with van der Waals surface area (Å²) in [4.78, 5) is 12.0. The molecule has 1 amide bonds. The number of amides is 1. The number of furan rings is 2. The van der Waals surface area contributed by atoms with Crippen molar-refractivity contribution in [3.63, 3.8) is 0 Å². The van der Waals surface area contributed by atoms with Crippen LogP contribution in [0.3, 0.4) is 0 Å². The summed E-state index contributed by atoms with van der Waals surface area (Å²) in [6, 6.07) is 8.39. The second-order valence-corrected chi connectivity index (χ2v) is 4.27. The van der Waals surface area contributed by atoms with Gasteiger partial charge in [0.15, 0.2) is 11.5 Å². The van der Waals surface area contributed by atoms with E-state index in [9.17, 15) is 4.79 Å². The molecular weight excluding hydrogens is 274 g/mol. The van der Waals surface area contributed by atoms with Crippen LogP contribution in [0, 0.1) is 0 Å². The Labute approximate surface area is 119 Å². The van der Waals surface area contributed by atoms with Crippen LogP contribution >= 0.6 is 0 Å².